The average molecular weight is 376 g/mol. The highest BCUT2D eigenvalue weighted by molar-refractivity contribution is 6.50. The van der Waals surface area contributed by atoms with Gasteiger partial charge in [-0.1, -0.05) is 63.6 Å². The first-order valence-corrected chi connectivity index (χ1v) is 8.96. The van der Waals surface area contributed by atoms with Crippen LogP contribution in [0.1, 0.15) is 61.3 Å². The molecule has 0 bridgehead atoms. The van der Waals surface area contributed by atoms with Gasteiger partial charge in [0.1, 0.15) is 10.7 Å². The van der Waals surface area contributed by atoms with Gasteiger partial charge in [0, 0.05) is 24.0 Å². The van der Waals surface area contributed by atoms with E-state index in [1.165, 1.54) is 12.1 Å². The highest BCUT2D eigenvalue weighted by atomic mass is 35.5. The number of imide groups is 1. The summed E-state index contributed by atoms with van der Waals surface area (Å²) < 4.78 is 0. The summed E-state index contributed by atoms with van der Waals surface area (Å²) in [5.74, 6) is -2.23. The van der Waals surface area contributed by atoms with Crippen LogP contribution in [0.5, 0.6) is 0 Å². The van der Waals surface area contributed by atoms with Crippen LogP contribution >= 0.6 is 11.6 Å². The number of halogens is 1. The van der Waals surface area contributed by atoms with E-state index in [1.807, 2.05) is 27.7 Å². The smallest absolute Gasteiger partial charge is 0.234 e. The minimum atomic E-state index is -0.584. The molecule has 2 amide bonds. The van der Waals surface area contributed by atoms with Gasteiger partial charge in [0.2, 0.25) is 23.4 Å². The van der Waals surface area contributed by atoms with E-state index in [9.17, 15) is 19.2 Å². The van der Waals surface area contributed by atoms with Gasteiger partial charge in [-0.3, -0.25) is 19.2 Å². The number of amides is 2. The van der Waals surface area contributed by atoms with Crippen LogP contribution in [-0.4, -0.2) is 28.3 Å². The number of carbonyl (C=O) groups is 4. The molecule has 26 heavy (non-hydrogen) atoms. The van der Waals surface area contributed by atoms with E-state index in [-0.39, 0.29) is 46.5 Å². The first-order chi connectivity index (χ1) is 12.1. The van der Waals surface area contributed by atoms with Gasteiger partial charge < -0.3 is 0 Å². The van der Waals surface area contributed by atoms with E-state index in [0.717, 1.165) is 4.90 Å². The Bertz CT molecular complexity index is 786. The third-order valence-corrected chi connectivity index (χ3v) is 4.28. The molecule has 0 spiro atoms. The molecular formula is C20H22ClNO4. The van der Waals surface area contributed by atoms with Gasteiger partial charge in [0.05, 0.1) is 0 Å². The monoisotopic (exact) mass is 375 g/mol. The van der Waals surface area contributed by atoms with Crippen molar-refractivity contribution >= 4 is 35.0 Å². The summed E-state index contributed by atoms with van der Waals surface area (Å²) in [5.41, 5.74) is 0.00192. The molecule has 1 aliphatic rings. The molecule has 6 heteroatoms. The van der Waals surface area contributed by atoms with Gasteiger partial charge in [-0.05, 0) is 11.8 Å². The van der Waals surface area contributed by atoms with E-state index in [2.05, 4.69) is 0 Å². The van der Waals surface area contributed by atoms with E-state index in [0.29, 0.717) is 0 Å². The van der Waals surface area contributed by atoms with Crippen molar-refractivity contribution in [3.05, 3.63) is 46.1 Å². The molecule has 0 fully saturated rings. The lowest BCUT2D eigenvalue weighted by molar-refractivity contribution is -0.143. The molecule has 1 aromatic rings. The molecule has 0 saturated heterocycles. The SMILES string of the molecule is CC(C)CC(=O)N(C(=O)CC(C)C)C1=C(Cl)C(=O)c2ccccc2C1=O. The number of Topliss-reactive ketones (excluding diaryl/α,β-unsaturated/α-hetero) is 2. The van der Waals surface area contributed by atoms with Gasteiger partial charge in [-0.15, -0.1) is 0 Å². The zero-order valence-electron chi connectivity index (χ0n) is 15.3. The summed E-state index contributed by atoms with van der Waals surface area (Å²) in [5, 5.41) is -0.386. The summed E-state index contributed by atoms with van der Waals surface area (Å²) in [6, 6.07) is 6.25. The highest BCUT2D eigenvalue weighted by Gasteiger charge is 2.39. The van der Waals surface area contributed by atoms with Crippen LogP contribution in [0.4, 0.5) is 0 Å². The fourth-order valence-electron chi connectivity index (χ4n) is 2.80. The predicted octanol–water partition coefficient (Wildman–Crippen LogP) is 3.96. The maximum absolute atomic E-state index is 13.0. The lowest BCUT2D eigenvalue weighted by Crippen LogP contribution is -2.42. The lowest BCUT2D eigenvalue weighted by atomic mass is 9.91. The van der Waals surface area contributed by atoms with Gasteiger partial charge in [-0.25, -0.2) is 4.90 Å². The van der Waals surface area contributed by atoms with Crippen molar-refractivity contribution in [1.82, 2.24) is 4.90 Å². The number of benzene rings is 1. The van der Waals surface area contributed by atoms with E-state index < -0.39 is 23.4 Å². The summed E-state index contributed by atoms with van der Waals surface area (Å²) in [6.45, 7) is 7.34. The van der Waals surface area contributed by atoms with Crippen molar-refractivity contribution in [2.24, 2.45) is 11.8 Å². The Morgan fingerprint density at radius 1 is 0.885 bits per heavy atom. The van der Waals surface area contributed by atoms with Crippen LogP contribution < -0.4 is 0 Å². The van der Waals surface area contributed by atoms with Gasteiger partial charge in [0.15, 0.2) is 0 Å². The Morgan fingerprint density at radius 3 is 1.73 bits per heavy atom. The molecular weight excluding hydrogens is 354 g/mol. The molecule has 138 valence electrons. The molecule has 0 saturated carbocycles. The zero-order valence-corrected chi connectivity index (χ0v) is 16.1. The topological polar surface area (TPSA) is 71.5 Å². The number of nitrogens with zero attached hydrogens (tertiary/aromatic N) is 1. The van der Waals surface area contributed by atoms with Crippen LogP contribution in [0, 0.1) is 11.8 Å². The fraction of sp³-hybridized carbons (Fsp3) is 0.400. The first kappa shape index (κ1) is 20.0. The molecule has 0 heterocycles. The second kappa shape index (κ2) is 7.96. The molecule has 0 aromatic heterocycles. The number of allylic oxidation sites excluding steroid dienone is 2. The fourth-order valence-corrected chi connectivity index (χ4v) is 3.07. The van der Waals surface area contributed by atoms with Crippen LogP contribution in [0.2, 0.25) is 0 Å². The normalized spacial score (nSPS) is 14.1. The Kier molecular flexibility index (Phi) is 6.13. The number of ketones is 2. The summed E-state index contributed by atoms with van der Waals surface area (Å²) >= 11 is 6.17. The summed E-state index contributed by atoms with van der Waals surface area (Å²) in [7, 11) is 0. The van der Waals surface area contributed by atoms with Gasteiger partial charge in [0.25, 0.3) is 0 Å². The number of rotatable bonds is 5. The van der Waals surface area contributed by atoms with Crippen molar-refractivity contribution in [2.45, 2.75) is 40.5 Å². The van der Waals surface area contributed by atoms with Gasteiger partial charge >= 0.3 is 0 Å². The van der Waals surface area contributed by atoms with Crippen LogP contribution in [-0.2, 0) is 9.59 Å². The van der Waals surface area contributed by atoms with Crippen molar-refractivity contribution in [2.75, 3.05) is 0 Å². The molecule has 2 rings (SSSR count). The third-order valence-electron chi connectivity index (χ3n) is 3.93. The number of carbonyl (C=O) groups excluding carboxylic acids is 4. The number of hydrogen-bond donors (Lipinski definition) is 0. The molecule has 0 aliphatic heterocycles. The standard InChI is InChI=1S/C20H22ClNO4/c1-11(2)9-15(23)22(16(24)10-12(3)4)18-17(21)19(25)13-7-5-6-8-14(13)20(18)26/h5-8,11-12H,9-10H2,1-4H3. The molecule has 0 atom stereocenters. The molecule has 1 aromatic carbocycles. The Labute approximate surface area is 158 Å². The van der Waals surface area contributed by atoms with Crippen molar-refractivity contribution < 1.29 is 19.2 Å². The van der Waals surface area contributed by atoms with Crippen LogP contribution in [0.25, 0.3) is 0 Å². The van der Waals surface area contributed by atoms with Crippen molar-refractivity contribution in [1.29, 1.82) is 0 Å². The molecule has 0 N–H and O–H groups in total. The maximum Gasteiger partial charge on any atom is 0.234 e. The summed E-state index contributed by atoms with van der Waals surface area (Å²) in [4.78, 5) is 51.8. The lowest BCUT2D eigenvalue weighted by Gasteiger charge is -2.28. The molecule has 0 radical (unpaired) electrons. The second-order valence-corrected chi connectivity index (χ2v) is 7.56. The largest absolute Gasteiger partial charge is 0.287 e. The van der Waals surface area contributed by atoms with E-state index >= 15 is 0 Å². The Balaban J connectivity index is 2.58. The minimum absolute atomic E-state index is 0.0158. The van der Waals surface area contributed by atoms with Crippen molar-refractivity contribution in [3.8, 4) is 0 Å². The second-order valence-electron chi connectivity index (χ2n) is 7.19. The quantitative estimate of drug-likeness (QED) is 0.780. The third kappa shape index (κ3) is 3.93. The molecule has 5 nitrogen and oxygen atoms in total. The Morgan fingerprint density at radius 2 is 1.31 bits per heavy atom. The van der Waals surface area contributed by atoms with E-state index in [4.69, 9.17) is 11.6 Å². The molecule has 1 aliphatic carbocycles. The van der Waals surface area contributed by atoms with Crippen LogP contribution in [0.15, 0.2) is 35.0 Å². The predicted molar refractivity (Wildman–Crippen MR) is 98.7 cm³/mol. The van der Waals surface area contributed by atoms with Gasteiger partial charge in [-0.2, -0.15) is 0 Å². The maximum atomic E-state index is 13.0. The highest BCUT2D eigenvalue weighted by Crippen LogP contribution is 2.31. The average Bonchev–Trinajstić information content (AvgIpc) is 2.55. The van der Waals surface area contributed by atoms with Crippen molar-refractivity contribution in [3.63, 3.8) is 0 Å². The Hall–Kier alpha value is -2.27. The zero-order chi connectivity index (χ0) is 19.6. The number of hydrogen-bond acceptors (Lipinski definition) is 4. The first-order valence-electron chi connectivity index (χ1n) is 8.59. The summed E-state index contributed by atoms with van der Waals surface area (Å²) in [6.07, 6.45) is 0.140. The minimum Gasteiger partial charge on any atom is -0.287 e. The molecule has 0 unspecified atom stereocenters. The van der Waals surface area contributed by atoms with Crippen LogP contribution in [0.3, 0.4) is 0 Å². The number of fused-ring (bicyclic) bond motifs is 1. The van der Waals surface area contributed by atoms with E-state index in [1.54, 1.807) is 12.1 Å².